The van der Waals surface area contributed by atoms with Crippen molar-refractivity contribution in [3.05, 3.63) is 35.3 Å². The number of rotatable bonds is 3. The summed E-state index contributed by atoms with van der Waals surface area (Å²) in [5.41, 5.74) is 1.54. The van der Waals surface area contributed by atoms with Gasteiger partial charge in [0, 0.05) is 10.9 Å². The molecule has 2 bridgehead atoms. The molecule has 1 N–H and O–H groups in total. The van der Waals surface area contributed by atoms with Gasteiger partial charge in [-0.1, -0.05) is 6.42 Å². The first-order valence-corrected chi connectivity index (χ1v) is 7.98. The number of furan rings is 1. The van der Waals surface area contributed by atoms with Crippen molar-refractivity contribution in [3.8, 4) is 0 Å². The summed E-state index contributed by atoms with van der Waals surface area (Å²) in [5.74, 6) is 2.67. The zero-order valence-electron chi connectivity index (χ0n) is 12.3. The van der Waals surface area contributed by atoms with Crippen molar-refractivity contribution < 1.29 is 13.9 Å². The van der Waals surface area contributed by atoms with E-state index >= 15 is 0 Å². The highest BCUT2D eigenvalue weighted by Gasteiger charge is 2.40. The fourth-order valence-corrected chi connectivity index (χ4v) is 4.59. The van der Waals surface area contributed by atoms with Gasteiger partial charge in [-0.15, -0.1) is 0 Å². The maximum atomic E-state index is 13.4. The summed E-state index contributed by atoms with van der Waals surface area (Å²) in [6.45, 7) is 1.91. The number of hydrogen-bond acceptors (Lipinski definition) is 2. The van der Waals surface area contributed by atoms with Crippen molar-refractivity contribution in [2.75, 3.05) is 0 Å². The Labute approximate surface area is 124 Å². The van der Waals surface area contributed by atoms with Crippen LogP contribution >= 0.6 is 0 Å². The normalized spacial score (nSPS) is 29.4. The summed E-state index contributed by atoms with van der Waals surface area (Å²) >= 11 is 0. The topological polar surface area (TPSA) is 33.4 Å². The zero-order chi connectivity index (χ0) is 14.6. The van der Waals surface area contributed by atoms with E-state index in [1.54, 1.807) is 6.07 Å². The molecule has 2 saturated carbocycles. The molecular formula is C18H21FO2. The van der Waals surface area contributed by atoms with Gasteiger partial charge in [-0.2, -0.15) is 0 Å². The fraction of sp³-hybridized carbons (Fsp3) is 0.556. The second kappa shape index (κ2) is 4.84. The molecule has 1 heterocycles. The predicted molar refractivity (Wildman–Crippen MR) is 79.4 cm³/mol. The molecule has 2 nitrogen and oxygen atoms in total. The molecule has 0 saturated heterocycles. The van der Waals surface area contributed by atoms with E-state index in [1.165, 1.54) is 37.8 Å². The van der Waals surface area contributed by atoms with Gasteiger partial charge in [-0.05, 0) is 68.6 Å². The molecule has 2 aromatic rings. The van der Waals surface area contributed by atoms with Crippen LogP contribution in [-0.2, 0) is 0 Å². The van der Waals surface area contributed by atoms with Gasteiger partial charge in [-0.25, -0.2) is 4.39 Å². The molecule has 0 aliphatic heterocycles. The van der Waals surface area contributed by atoms with Crippen LogP contribution in [0, 0.1) is 30.5 Å². The molecule has 0 amide bonds. The highest BCUT2D eigenvalue weighted by atomic mass is 19.1. The van der Waals surface area contributed by atoms with Crippen LogP contribution in [0.2, 0.25) is 0 Å². The molecule has 0 radical (unpaired) electrons. The molecule has 2 aliphatic carbocycles. The monoisotopic (exact) mass is 288 g/mol. The Kier molecular flexibility index (Phi) is 3.07. The van der Waals surface area contributed by atoms with Gasteiger partial charge in [-0.3, -0.25) is 0 Å². The lowest BCUT2D eigenvalue weighted by Crippen LogP contribution is -2.14. The van der Waals surface area contributed by atoms with Crippen molar-refractivity contribution in [2.24, 2.45) is 17.8 Å². The molecule has 2 aliphatic rings. The third kappa shape index (κ3) is 2.18. The van der Waals surface area contributed by atoms with E-state index in [0.29, 0.717) is 17.3 Å². The zero-order valence-corrected chi connectivity index (χ0v) is 12.3. The Hall–Kier alpha value is -1.35. The van der Waals surface area contributed by atoms with Crippen LogP contribution in [0.15, 0.2) is 22.6 Å². The van der Waals surface area contributed by atoms with Crippen LogP contribution in [0.25, 0.3) is 11.0 Å². The Morgan fingerprint density at radius 1 is 1.33 bits per heavy atom. The van der Waals surface area contributed by atoms with Gasteiger partial charge in [0.15, 0.2) is 0 Å². The number of benzene rings is 1. The quantitative estimate of drug-likeness (QED) is 0.885. The second-order valence-electron chi connectivity index (χ2n) is 6.92. The number of aryl methyl sites for hydroxylation is 1. The molecule has 112 valence electrons. The molecule has 2 fully saturated rings. The van der Waals surface area contributed by atoms with Crippen molar-refractivity contribution in [1.29, 1.82) is 0 Å². The minimum Gasteiger partial charge on any atom is -0.458 e. The van der Waals surface area contributed by atoms with Gasteiger partial charge in [0.1, 0.15) is 23.3 Å². The second-order valence-corrected chi connectivity index (χ2v) is 6.92. The van der Waals surface area contributed by atoms with Crippen LogP contribution in [0.4, 0.5) is 4.39 Å². The van der Waals surface area contributed by atoms with E-state index in [-0.39, 0.29) is 5.82 Å². The van der Waals surface area contributed by atoms with Gasteiger partial charge in [0.05, 0.1) is 0 Å². The summed E-state index contributed by atoms with van der Waals surface area (Å²) in [6, 6.07) is 4.53. The molecule has 1 aromatic heterocycles. The average Bonchev–Trinajstić information content (AvgIpc) is 3.14. The molecule has 3 heteroatoms. The lowest BCUT2D eigenvalue weighted by atomic mass is 9.84. The van der Waals surface area contributed by atoms with Gasteiger partial charge in [0.2, 0.25) is 0 Å². The van der Waals surface area contributed by atoms with E-state index in [2.05, 4.69) is 0 Å². The average molecular weight is 288 g/mol. The number of aliphatic hydroxyl groups is 1. The van der Waals surface area contributed by atoms with Crippen molar-refractivity contribution in [3.63, 3.8) is 0 Å². The maximum absolute atomic E-state index is 13.4. The van der Waals surface area contributed by atoms with Gasteiger partial charge < -0.3 is 9.52 Å². The Morgan fingerprint density at radius 3 is 2.90 bits per heavy atom. The van der Waals surface area contributed by atoms with Crippen molar-refractivity contribution >= 4 is 11.0 Å². The SMILES string of the molecule is Cc1c(C(O)CC2CC3CCC2C3)oc2ccc(F)cc12. The first-order chi connectivity index (χ1) is 10.1. The van der Waals surface area contributed by atoms with Crippen LogP contribution < -0.4 is 0 Å². The first-order valence-electron chi connectivity index (χ1n) is 7.98. The smallest absolute Gasteiger partial charge is 0.136 e. The van der Waals surface area contributed by atoms with Crippen LogP contribution in [0.1, 0.15) is 49.5 Å². The molecule has 0 spiro atoms. The fourth-order valence-electron chi connectivity index (χ4n) is 4.59. The lowest BCUT2D eigenvalue weighted by Gasteiger charge is -2.23. The molecule has 4 rings (SSSR count). The minimum absolute atomic E-state index is 0.263. The largest absolute Gasteiger partial charge is 0.458 e. The molecule has 21 heavy (non-hydrogen) atoms. The van der Waals surface area contributed by atoms with Crippen molar-refractivity contribution in [1.82, 2.24) is 0 Å². The van der Waals surface area contributed by atoms with Crippen molar-refractivity contribution in [2.45, 2.75) is 45.1 Å². The summed E-state index contributed by atoms with van der Waals surface area (Å²) in [4.78, 5) is 0. The van der Waals surface area contributed by atoms with E-state index in [4.69, 9.17) is 4.42 Å². The molecule has 4 atom stereocenters. The minimum atomic E-state index is -0.565. The van der Waals surface area contributed by atoms with Gasteiger partial charge >= 0.3 is 0 Å². The Morgan fingerprint density at radius 2 is 2.19 bits per heavy atom. The number of halogens is 1. The Bertz CT molecular complexity index is 675. The van der Waals surface area contributed by atoms with E-state index in [0.717, 1.165) is 29.2 Å². The standard InChI is InChI=1S/C18H21FO2/c1-10-15-9-14(19)4-5-17(15)21-18(10)16(20)8-13-7-11-2-3-12(13)6-11/h4-5,9,11-13,16,20H,2-3,6-8H2,1H3. The number of aliphatic hydroxyl groups excluding tert-OH is 1. The van der Waals surface area contributed by atoms with E-state index < -0.39 is 6.10 Å². The van der Waals surface area contributed by atoms with E-state index in [1.807, 2.05) is 6.92 Å². The number of hydrogen-bond donors (Lipinski definition) is 1. The summed E-state index contributed by atoms with van der Waals surface area (Å²) in [7, 11) is 0. The highest BCUT2D eigenvalue weighted by Crippen LogP contribution is 2.51. The molecular weight excluding hydrogens is 267 g/mol. The van der Waals surface area contributed by atoms with Crippen LogP contribution in [-0.4, -0.2) is 5.11 Å². The van der Waals surface area contributed by atoms with Crippen LogP contribution in [0.3, 0.4) is 0 Å². The third-order valence-electron chi connectivity index (χ3n) is 5.65. The maximum Gasteiger partial charge on any atom is 0.136 e. The van der Waals surface area contributed by atoms with Gasteiger partial charge in [0.25, 0.3) is 0 Å². The first kappa shape index (κ1) is 13.3. The molecule has 1 aromatic carbocycles. The summed E-state index contributed by atoms with van der Waals surface area (Å²) < 4.78 is 19.1. The van der Waals surface area contributed by atoms with E-state index in [9.17, 15) is 9.50 Å². The number of fused-ring (bicyclic) bond motifs is 3. The lowest BCUT2D eigenvalue weighted by molar-refractivity contribution is 0.105. The summed E-state index contributed by atoms with van der Waals surface area (Å²) in [6.07, 6.45) is 5.53. The Balaban J connectivity index is 1.59. The highest BCUT2D eigenvalue weighted by molar-refractivity contribution is 5.82. The third-order valence-corrected chi connectivity index (χ3v) is 5.65. The van der Waals surface area contributed by atoms with Crippen LogP contribution in [0.5, 0.6) is 0 Å². The predicted octanol–water partition coefficient (Wildman–Crippen LogP) is 4.74. The molecule has 4 unspecified atom stereocenters. The summed E-state index contributed by atoms with van der Waals surface area (Å²) in [5, 5.41) is 11.3.